The first kappa shape index (κ1) is 12.3. The third-order valence-electron chi connectivity index (χ3n) is 1.89. The molecule has 0 aliphatic carbocycles. The molecule has 0 atom stereocenters. The van der Waals surface area contributed by atoms with Gasteiger partial charge in [-0.25, -0.2) is 13.4 Å². The van der Waals surface area contributed by atoms with Crippen LogP contribution in [0.5, 0.6) is 0 Å². The van der Waals surface area contributed by atoms with E-state index >= 15 is 0 Å². The number of halogens is 1. The SMILES string of the molecule is Nc1ncccc1S(=O)(=O)Nc1cc(Br)cs1. The Labute approximate surface area is 111 Å². The van der Waals surface area contributed by atoms with Gasteiger partial charge in [0.1, 0.15) is 15.7 Å². The van der Waals surface area contributed by atoms with Crippen LogP contribution in [0.25, 0.3) is 0 Å². The predicted molar refractivity (Wildman–Crippen MR) is 71.5 cm³/mol. The van der Waals surface area contributed by atoms with Gasteiger partial charge in [-0.3, -0.25) is 4.72 Å². The molecule has 3 N–H and O–H groups in total. The molecule has 0 unspecified atom stereocenters. The van der Waals surface area contributed by atoms with Gasteiger partial charge in [-0.1, -0.05) is 0 Å². The van der Waals surface area contributed by atoms with Gasteiger partial charge >= 0.3 is 0 Å². The number of aromatic nitrogens is 1. The first-order valence-corrected chi connectivity index (χ1v) is 7.62. The Kier molecular flexibility index (Phi) is 3.36. The first-order valence-electron chi connectivity index (χ1n) is 4.46. The van der Waals surface area contributed by atoms with Crippen molar-refractivity contribution in [2.45, 2.75) is 4.90 Å². The van der Waals surface area contributed by atoms with Crippen molar-refractivity contribution in [1.82, 2.24) is 4.98 Å². The number of thiophene rings is 1. The molecule has 90 valence electrons. The van der Waals surface area contributed by atoms with Crippen LogP contribution >= 0.6 is 27.3 Å². The minimum Gasteiger partial charge on any atom is -0.383 e. The van der Waals surface area contributed by atoms with Crippen molar-refractivity contribution in [2.24, 2.45) is 0 Å². The monoisotopic (exact) mass is 333 g/mol. The zero-order valence-corrected chi connectivity index (χ0v) is 11.6. The zero-order chi connectivity index (χ0) is 12.5. The molecule has 17 heavy (non-hydrogen) atoms. The number of hydrogen-bond acceptors (Lipinski definition) is 5. The molecule has 2 rings (SSSR count). The second kappa shape index (κ2) is 4.63. The molecule has 0 amide bonds. The highest BCUT2D eigenvalue weighted by Gasteiger charge is 2.18. The van der Waals surface area contributed by atoms with E-state index in [9.17, 15) is 8.42 Å². The van der Waals surface area contributed by atoms with E-state index in [1.165, 1.54) is 29.7 Å². The fourth-order valence-electron chi connectivity index (χ4n) is 1.18. The third-order valence-corrected chi connectivity index (χ3v) is 5.04. The summed E-state index contributed by atoms with van der Waals surface area (Å²) >= 11 is 4.53. The molecule has 0 radical (unpaired) electrons. The standard InChI is InChI=1S/C9H8BrN3O2S2/c10-6-4-8(16-5-6)13-17(14,15)7-2-1-3-12-9(7)11/h1-5,13H,(H2,11,12). The van der Waals surface area contributed by atoms with Gasteiger partial charge in [0, 0.05) is 16.0 Å². The van der Waals surface area contributed by atoms with E-state index in [4.69, 9.17) is 5.73 Å². The zero-order valence-electron chi connectivity index (χ0n) is 8.42. The molecule has 0 aromatic carbocycles. The molecule has 2 aromatic rings. The van der Waals surface area contributed by atoms with E-state index in [-0.39, 0.29) is 10.7 Å². The van der Waals surface area contributed by atoms with Crippen molar-refractivity contribution in [3.8, 4) is 0 Å². The number of anilines is 2. The van der Waals surface area contributed by atoms with Crippen molar-refractivity contribution in [3.63, 3.8) is 0 Å². The Balaban J connectivity index is 2.35. The quantitative estimate of drug-likeness (QED) is 0.902. The number of nitrogens with zero attached hydrogens (tertiary/aromatic N) is 1. The minimum absolute atomic E-state index is 0.0179. The van der Waals surface area contributed by atoms with Crippen molar-refractivity contribution in [1.29, 1.82) is 0 Å². The van der Waals surface area contributed by atoms with Gasteiger partial charge in [0.15, 0.2) is 0 Å². The molecule has 0 bridgehead atoms. The van der Waals surface area contributed by atoms with Gasteiger partial charge in [0.2, 0.25) is 0 Å². The number of nitrogen functional groups attached to an aromatic ring is 1. The summed E-state index contributed by atoms with van der Waals surface area (Å²) in [6, 6.07) is 4.61. The van der Waals surface area contributed by atoms with E-state index in [1.807, 2.05) is 0 Å². The lowest BCUT2D eigenvalue weighted by atomic mass is 10.5. The molecule has 0 aliphatic heterocycles. The maximum Gasteiger partial charge on any atom is 0.266 e. The summed E-state index contributed by atoms with van der Waals surface area (Å²) in [5, 5.41) is 2.30. The van der Waals surface area contributed by atoms with Gasteiger partial charge < -0.3 is 5.73 Å². The highest BCUT2D eigenvalue weighted by Crippen LogP contribution is 2.27. The maximum atomic E-state index is 12.0. The summed E-state index contributed by atoms with van der Waals surface area (Å²) in [5.74, 6) is -0.0179. The highest BCUT2D eigenvalue weighted by molar-refractivity contribution is 9.10. The smallest absolute Gasteiger partial charge is 0.266 e. The normalized spacial score (nSPS) is 11.4. The first-order chi connectivity index (χ1) is 7.99. The fraction of sp³-hybridized carbons (Fsp3) is 0. The lowest BCUT2D eigenvalue weighted by Crippen LogP contribution is -2.14. The predicted octanol–water partition coefficient (Wildman–Crippen LogP) is 2.29. The Morgan fingerprint density at radius 1 is 1.47 bits per heavy atom. The number of hydrogen-bond donors (Lipinski definition) is 2. The molecule has 0 fully saturated rings. The summed E-state index contributed by atoms with van der Waals surface area (Å²) in [6.45, 7) is 0. The number of sulfonamides is 1. The summed E-state index contributed by atoms with van der Waals surface area (Å²) < 4.78 is 27.2. The van der Waals surface area contributed by atoms with Crippen LogP contribution in [0, 0.1) is 0 Å². The van der Waals surface area contributed by atoms with Crippen molar-refractivity contribution < 1.29 is 8.42 Å². The van der Waals surface area contributed by atoms with Crippen molar-refractivity contribution in [2.75, 3.05) is 10.5 Å². The maximum absolute atomic E-state index is 12.0. The molecule has 0 spiro atoms. The average molecular weight is 334 g/mol. The van der Waals surface area contributed by atoms with Crippen LogP contribution in [-0.4, -0.2) is 13.4 Å². The van der Waals surface area contributed by atoms with Crippen LogP contribution in [-0.2, 0) is 10.0 Å². The van der Waals surface area contributed by atoms with Crippen LogP contribution in [0.1, 0.15) is 0 Å². The number of rotatable bonds is 3. The van der Waals surface area contributed by atoms with Gasteiger partial charge in [-0.05, 0) is 34.1 Å². The van der Waals surface area contributed by atoms with Crippen LogP contribution in [0.3, 0.4) is 0 Å². The molecule has 2 aromatic heterocycles. The van der Waals surface area contributed by atoms with Gasteiger partial charge in [-0.15, -0.1) is 11.3 Å². The second-order valence-electron chi connectivity index (χ2n) is 3.12. The molecule has 0 saturated carbocycles. The highest BCUT2D eigenvalue weighted by atomic mass is 79.9. The number of nitrogens with two attached hydrogens (primary N) is 1. The van der Waals surface area contributed by atoms with Crippen LogP contribution in [0.2, 0.25) is 0 Å². The summed E-state index contributed by atoms with van der Waals surface area (Å²) in [7, 11) is -3.68. The largest absolute Gasteiger partial charge is 0.383 e. The lowest BCUT2D eigenvalue weighted by molar-refractivity contribution is 0.601. The lowest BCUT2D eigenvalue weighted by Gasteiger charge is -2.07. The molecule has 0 saturated heterocycles. The Morgan fingerprint density at radius 2 is 2.24 bits per heavy atom. The summed E-state index contributed by atoms with van der Waals surface area (Å²) in [5.41, 5.74) is 5.53. The summed E-state index contributed by atoms with van der Waals surface area (Å²) in [4.78, 5) is 3.72. The molecule has 0 aliphatic rings. The van der Waals surface area contributed by atoms with Gasteiger partial charge in [0.05, 0.1) is 0 Å². The van der Waals surface area contributed by atoms with Gasteiger partial charge in [-0.2, -0.15) is 0 Å². The van der Waals surface area contributed by atoms with E-state index in [1.54, 1.807) is 11.4 Å². The van der Waals surface area contributed by atoms with E-state index < -0.39 is 10.0 Å². The van der Waals surface area contributed by atoms with E-state index in [0.29, 0.717) is 5.00 Å². The number of pyridine rings is 1. The topological polar surface area (TPSA) is 85.1 Å². The molecular weight excluding hydrogens is 326 g/mol. The molecule has 2 heterocycles. The Morgan fingerprint density at radius 3 is 2.82 bits per heavy atom. The fourth-order valence-corrected chi connectivity index (χ4v) is 3.89. The molecule has 5 nitrogen and oxygen atoms in total. The van der Waals surface area contributed by atoms with Crippen LogP contribution in [0.15, 0.2) is 39.1 Å². The molecular formula is C9H8BrN3O2S2. The number of nitrogens with one attached hydrogen (secondary N) is 1. The van der Waals surface area contributed by atoms with Crippen molar-refractivity contribution in [3.05, 3.63) is 34.2 Å². The Hall–Kier alpha value is -1.12. The van der Waals surface area contributed by atoms with Gasteiger partial charge in [0.25, 0.3) is 10.0 Å². The minimum atomic E-state index is -3.68. The van der Waals surface area contributed by atoms with E-state index in [2.05, 4.69) is 25.6 Å². The van der Waals surface area contributed by atoms with Crippen LogP contribution in [0.4, 0.5) is 10.8 Å². The van der Waals surface area contributed by atoms with Crippen LogP contribution < -0.4 is 10.5 Å². The average Bonchev–Trinajstić information content (AvgIpc) is 2.63. The third kappa shape index (κ3) is 2.76. The Bertz CT molecular complexity index is 639. The van der Waals surface area contributed by atoms with E-state index in [0.717, 1.165) is 4.47 Å². The molecule has 8 heteroatoms. The second-order valence-corrected chi connectivity index (χ2v) is 6.60. The summed E-state index contributed by atoms with van der Waals surface area (Å²) in [6.07, 6.45) is 1.44. The van der Waals surface area contributed by atoms with Crippen molar-refractivity contribution >= 4 is 48.1 Å².